The molecule has 0 aromatic carbocycles. The Labute approximate surface area is 189 Å². The molecule has 0 N–H and O–H groups in total. The molecule has 4 aliphatic carbocycles. The lowest BCUT2D eigenvalue weighted by Crippen LogP contribution is -2.64. The summed E-state index contributed by atoms with van der Waals surface area (Å²) >= 11 is 0. The van der Waals surface area contributed by atoms with Crippen molar-refractivity contribution in [1.82, 2.24) is 0 Å². The van der Waals surface area contributed by atoms with Crippen LogP contribution < -0.4 is 0 Å². The van der Waals surface area contributed by atoms with E-state index in [0.29, 0.717) is 24.2 Å². The monoisotopic (exact) mass is 448 g/mol. The van der Waals surface area contributed by atoms with Crippen molar-refractivity contribution >= 4 is 17.9 Å². The molecule has 5 rings (SSSR count). The van der Waals surface area contributed by atoms with Gasteiger partial charge in [-0.3, -0.25) is 14.4 Å². The second-order valence-corrected chi connectivity index (χ2v) is 11.3. The summed E-state index contributed by atoms with van der Waals surface area (Å²) in [4.78, 5) is 36.5. The second-order valence-electron chi connectivity index (χ2n) is 11.3. The molecule has 0 unspecified atom stereocenters. The quantitative estimate of drug-likeness (QED) is 0.371. The van der Waals surface area contributed by atoms with Crippen LogP contribution in [0.4, 0.5) is 0 Å². The SMILES string of the molecule is COC(=O)[C@@H]1C[C@H]2O[C@]23[C@H]2CC[C@H]4C[C@@H](OC(C)=O)CC[C@]4(C)[C@@H]2C[C@@H](OC(C)=O)[C@]13C. The molecule has 0 amide bonds. The first-order valence-corrected chi connectivity index (χ1v) is 12.2. The Kier molecular flexibility index (Phi) is 4.98. The topological polar surface area (TPSA) is 91.4 Å². The summed E-state index contributed by atoms with van der Waals surface area (Å²) in [7, 11) is 1.43. The van der Waals surface area contributed by atoms with Gasteiger partial charge in [0.15, 0.2) is 0 Å². The summed E-state index contributed by atoms with van der Waals surface area (Å²) in [6.07, 6.45) is 5.90. The van der Waals surface area contributed by atoms with Crippen molar-refractivity contribution in [3.05, 3.63) is 0 Å². The van der Waals surface area contributed by atoms with E-state index in [-0.39, 0.29) is 47.6 Å². The van der Waals surface area contributed by atoms with Gasteiger partial charge in [0.2, 0.25) is 0 Å². The van der Waals surface area contributed by atoms with Crippen LogP contribution in [0.15, 0.2) is 0 Å². The predicted octanol–water partition coefficient (Wildman–Crippen LogP) is 3.42. The third-order valence-electron chi connectivity index (χ3n) is 10.2. The molecule has 7 heteroatoms. The molecule has 10 atom stereocenters. The second kappa shape index (κ2) is 7.18. The molecule has 0 radical (unpaired) electrons. The summed E-state index contributed by atoms with van der Waals surface area (Å²) in [5.41, 5.74) is -0.917. The van der Waals surface area contributed by atoms with Crippen molar-refractivity contribution in [2.75, 3.05) is 7.11 Å². The van der Waals surface area contributed by atoms with Gasteiger partial charge in [-0.05, 0) is 68.1 Å². The van der Waals surface area contributed by atoms with Crippen molar-refractivity contribution in [1.29, 1.82) is 0 Å². The van der Waals surface area contributed by atoms with Crippen LogP contribution in [0, 0.1) is 34.5 Å². The zero-order valence-electron chi connectivity index (χ0n) is 19.8. The number of ether oxygens (including phenoxy) is 4. The lowest BCUT2D eigenvalue weighted by atomic mass is 9.43. The molecule has 0 bridgehead atoms. The Hall–Kier alpha value is -1.63. The third-order valence-corrected chi connectivity index (χ3v) is 10.2. The van der Waals surface area contributed by atoms with Gasteiger partial charge in [-0.2, -0.15) is 0 Å². The zero-order valence-corrected chi connectivity index (χ0v) is 19.8. The molecule has 32 heavy (non-hydrogen) atoms. The number of hydrogen-bond donors (Lipinski definition) is 0. The summed E-state index contributed by atoms with van der Waals surface area (Å²) in [6, 6.07) is 0. The summed E-state index contributed by atoms with van der Waals surface area (Å²) < 4.78 is 23.2. The van der Waals surface area contributed by atoms with Crippen molar-refractivity contribution in [2.24, 2.45) is 34.5 Å². The molecule has 0 aromatic heterocycles. The first-order chi connectivity index (χ1) is 15.1. The van der Waals surface area contributed by atoms with Gasteiger partial charge in [-0.25, -0.2) is 0 Å². The molecule has 5 fully saturated rings. The van der Waals surface area contributed by atoms with Gasteiger partial charge < -0.3 is 18.9 Å². The van der Waals surface area contributed by atoms with E-state index in [4.69, 9.17) is 18.9 Å². The maximum atomic E-state index is 12.8. The van der Waals surface area contributed by atoms with E-state index < -0.39 is 11.0 Å². The van der Waals surface area contributed by atoms with E-state index in [2.05, 4.69) is 13.8 Å². The minimum Gasteiger partial charge on any atom is -0.469 e. The van der Waals surface area contributed by atoms with Crippen LogP contribution in [0.2, 0.25) is 0 Å². The van der Waals surface area contributed by atoms with E-state index in [9.17, 15) is 14.4 Å². The Morgan fingerprint density at radius 1 is 0.906 bits per heavy atom. The Balaban J connectivity index is 1.49. The van der Waals surface area contributed by atoms with Crippen LogP contribution in [0.5, 0.6) is 0 Å². The molecular formula is C25H36O7. The Morgan fingerprint density at radius 3 is 2.28 bits per heavy atom. The highest BCUT2D eigenvalue weighted by Gasteiger charge is 2.84. The van der Waals surface area contributed by atoms with E-state index in [1.54, 1.807) is 0 Å². The van der Waals surface area contributed by atoms with Gasteiger partial charge >= 0.3 is 17.9 Å². The van der Waals surface area contributed by atoms with E-state index in [1.165, 1.54) is 21.0 Å². The largest absolute Gasteiger partial charge is 0.469 e. The van der Waals surface area contributed by atoms with Crippen LogP contribution in [0.25, 0.3) is 0 Å². The van der Waals surface area contributed by atoms with E-state index in [0.717, 1.165) is 38.5 Å². The molecule has 7 nitrogen and oxygen atoms in total. The molecule has 4 saturated carbocycles. The predicted molar refractivity (Wildman–Crippen MR) is 113 cm³/mol. The number of rotatable bonds is 3. The molecule has 0 aromatic rings. The molecule has 1 aliphatic heterocycles. The van der Waals surface area contributed by atoms with Gasteiger partial charge in [0.05, 0.1) is 19.1 Å². The van der Waals surface area contributed by atoms with Crippen molar-refractivity contribution < 1.29 is 33.3 Å². The van der Waals surface area contributed by atoms with Crippen LogP contribution in [-0.4, -0.2) is 48.9 Å². The lowest BCUT2D eigenvalue weighted by Gasteiger charge is -2.62. The van der Waals surface area contributed by atoms with Gasteiger partial charge in [0.25, 0.3) is 0 Å². The number of epoxide rings is 1. The highest BCUT2D eigenvalue weighted by atomic mass is 16.6. The Morgan fingerprint density at radius 2 is 1.62 bits per heavy atom. The average molecular weight is 449 g/mol. The van der Waals surface area contributed by atoms with Crippen molar-refractivity contribution in [3.8, 4) is 0 Å². The zero-order chi connectivity index (χ0) is 23.1. The summed E-state index contributed by atoms with van der Waals surface area (Å²) in [6.45, 7) is 7.41. The average Bonchev–Trinajstić information content (AvgIpc) is 3.38. The molecule has 5 aliphatic rings. The minimum absolute atomic E-state index is 0.00137. The van der Waals surface area contributed by atoms with Crippen LogP contribution in [-0.2, 0) is 33.3 Å². The maximum Gasteiger partial charge on any atom is 0.309 e. The first kappa shape index (κ1) is 22.2. The highest BCUT2D eigenvalue weighted by Crippen LogP contribution is 2.76. The minimum atomic E-state index is -0.574. The maximum absolute atomic E-state index is 12.8. The fourth-order valence-electron chi connectivity index (χ4n) is 8.81. The number of fused-ring (bicyclic) bond motifs is 3. The van der Waals surface area contributed by atoms with Gasteiger partial charge in [0.1, 0.15) is 17.8 Å². The highest BCUT2D eigenvalue weighted by molar-refractivity contribution is 5.75. The molecule has 1 spiro atoms. The van der Waals surface area contributed by atoms with E-state index >= 15 is 0 Å². The van der Waals surface area contributed by atoms with Gasteiger partial charge in [0, 0.05) is 19.3 Å². The van der Waals surface area contributed by atoms with Crippen LogP contribution >= 0.6 is 0 Å². The fraction of sp³-hybridized carbons (Fsp3) is 0.880. The molecule has 1 heterocycles. The normalized spacial score (nSPS) is 50.7. The molecule has 1 saturated heterocycles. The smallest absolute Gasteiger partial charge is 0.309 e. The first-order valence-electron chi connectivity index (χ1n) is 12.2. The van der Waals surface area contributed by atoms with E-state index in [1.807, 2.05) is 0 Å². The van der Waals surface area contributed by atoms with Crippen molar-refractivity contribution in [2.45, 2.75) is 96.6 Å². The summed E-state index contributed by atoms with van der Waals surface area (Å²) in [5.74, 6) is 0.0958. The van der Waals surface area contributed by atoms with Gasteiger partial charge in [-0.15, -0.1) is 0 Å². The Bertz CT molecular complexity index is 840. The number of carbonyl (C=O) groups excluding carboxylic acids is 3. The number of esters is 3. The fourth-order valence-corrected chi connectivity index (χ4v) is 8.81. The van der Waals surface area contributed by atoms with Crippen LogP contribution in [0.1, 0.15) is 72.6 Å². The standard InChI is InChI=1S/C25H36O7/c1-13(26)30-16-8-9-23(3)15(10-16)6-7-17-18(23)11-20(31-14(2)27)24(4)19(22(28)29-5)12-21-25(17,24)32-21/h15-21H,6-12H2,1-5H3/t15-,16-,17-,18+,19-,20+,21+,23-,24-,25+/m0/s1. The number of methoxy groups -OCH3 is 1. The third kappa shape index (κ3) is 2.78. The molecule has 178 valence electrons. The molecular weight excluding hydrogens is 412 g/mol. The lowest BCUT2D eigenvalue weighted by molar-refractivity contribution is -0.212. The van der Waals surface area contributed by atoms with Gasteiger partial charge in [-0.1, -0.05) is 13.8 Å². The number of hydrogen-bond acceptors (Lipinski definition) is 7. The number of carbonyl (C=O) groups is 3. The van der Waals surface area contributed by atoms with Crippen molar-refractivity contribution in [3.63, 3.8) is 0 Å². The van der Waals surface area contributed by atoms with Crippen LogP contribution in [0.3, 0.4) is 0 Å². The summed E-state index contributed by atoms with van der Waals surface area (Å²) in [5, 5.41) is 0.